The lowest BCUT2D eigenvalue weighted by atomic mass is 9.56. The summed E-state index contributed by atoms with van der Waals surface area (Å²) in [6, 6.07) is 9.87. The highest BCUT2D eigenvalue weighted by Crippen LogP contribution is 2.52. The first-order valence-electron chi connectivity index (χ1n) is 12.7. The van der Waals surface area contributed by atoms with Gasteiger partial charge in [0, 0.05) is 30.1 Å². The first-order chi connectivity index (χ1) is 17.8. The fraction of sp³-hybridized carbons (Fsp3) is 0.481. The Morgan fingerprint density at radius 3 is 2.37 bits per heavy atom. The van der Waals surface area contributed by atoms with Gasteiger partial charge < -0.3 is 10.4 Å². The van der Waals surface area contributed by atoms with Crippen LogP contribution >= 0.6 is 0 Å². The van der Waals surface area contributed by atoms with Gasteiger partial charge in [-0.15, -0.1) is 0 Å². The number of carbonyl (C=O) groups excluding carboxylic acids is 2. The van der Waals surface area contributed by atoms with Crippen LogP contribution in [-0.2, 0) is 26.8 Å². The maximum absolute atomic E-state index is 15.6. The summed E-state index contributed by atoms with van der Waals surface area (Å²) in [5.74, 6) is -2.03. The van der Waals surface area contributed by atoms with E-state index >= 15 is 8.78 Å². The van der Waals surface area contributed by atoms with Gasteiger partial charge in [-0.3, -0.25) is 9.69 Å². The lowest BCUT2D eigenvalue weighted by Gasteiger charge is -2.53. The normalized spacial score (nSPS) is 31.2. The quantitative estimate of drug-likeness (QED) is 0.540. The number of amides is 3. The number of hydrogen-bond donors (Lipinski definition) is 2. The van der Waals surface area contributed by atoms with E-state index in [9.17, 15) is 23.1 Å². The predicted molar refractivity (Wildman–Crippen MR) is 135 cm³/mol. The van der Waals surface area contributed by atoms with Crippen LogP contribution in [0.25, 0.3) is 0 Å². The minimum Gasteiger partial charge on any atom is -0.390 e. The molecule has 38 heavy (non-hydrogen) atoms. The fourth-order valence-electron chi connectivity index (χ4n) is 6.35. The molecule has 2 saturated heterocycles. The van der Waals surface area contributed by atoms with Crippen molar-refractivity contribution in [3.63, 3.8) is 0 Å². The van der Waals surface area contributed by atoms with Crippen molar-refractivity contribution in [3.8, 4) is 0 Å². The van der Waals surface area contributed by atoms with Gasteiger partial charge in [0.05, 0.1) is 12.1 Å². The first kappa shape index (κ1) is 26.7. The summed E-state index contributed by atoms with van der Waals surface area (Å²) in [4.78, 5) is 25.3. The number of benzene rings is 2. The lowest BCUT2D eigenvalue weighted by molar-refractivity contribution is -0.129. The number of nitrogens with zero attached hydrogens (tertiary/aromatic N) is 2. The molecule has 11 heteroatoms. The smallest absolute Gasteiger partial charge is 0.324 e. The molecular formula is C27H31F2N3O5S. The number of rotatable bonds is 6. The van der Waals surface area contributed by atoms with Crippen molar-refractivity contribution in [1.82, 2.24) is 14.5 Å². The van der Waals surface area contributed by atoms with Crippen molar-refractivity contribution in [2.75, 3.05) is 13.1 Å². The van der Waals surface area contributed by atoms with Gasteiger partial charge >= 0.3 is 6.03 Å². The molecule has 204 valence electrons. The number of sulfonamides is 1. The molecule has 2 N–H and O–H groups in total. The van der Waals surface area contributed by atoms with Crippen molar-refractivity contribution in [3.05, 3.63) is 70.8 Å². The van der Waals surface area contributed by atoms with Crippen molar-refractivity contribution < 1.29 is 31.9 Å². The van der Waals surface area contributed by atoms with Crippen LogP contribution in [0.1, 0.15) is 61.5 Å². The zero-order valence-corrected chi connectivity index (χ0v) is 22.1. The molecule has 0 unspecified atom stereocenters. The van der Waals surface area contributed by atoms with Gasteiger partial charge in [0.1, 0.15) is 16.9 Å². The number of nitrogens with one attached hydrogen (secondary N) is 1. The van der Waals surface area contributed by atoms with Gasteiger partial charge in [0.25, 0.3) is 0 Å². The van der Waals surface area contributed by atoms with Crippen LogP contribution in [0.4, 0.5) is 13.6 Å². The largest absolute Gasteiger partial charge is 0.390 e. The zero-order valence-electron chi connectivity index (χ0n) is 21.3. The van der Waals surface area contributed by atoms with Crippen LogP contribution in [-0.4, -0.2) is 59.4 Å². The molecule has 3 amide bonds. The molecule has 2 aromatic carbocycles. The van der Waals surface area contributed by atoms with Crippen molar-refractivity contribution in [1.29, 1.82) is 0 Å². The van der Waals surface area contributed by atoms with Crippen molar-refractivity contribution >= 4 is 22.0 Å². The standard InChI is InChI=1S/C27H31F2N3O5S/c1-17-8-9-23(18-6-4-3-5-7-18)38(36,37)32(17)13-19-10-22(29)20(11-21(19)28)27(14-26(2,35)15-27)16-31-24(33)12-30-25(31)34/h3-7,10-11,17,23,35H,8-9,12-16H2,1-2H3,(H,30,34)/t17-,23+,26-,27+/m0/s1. The molecule has 1 saturated carbocycles. The van der Waals surface area contributed by atoms with Crippen LogP contribution in [0.2, 0.25) is 0 Å². The van der Waals surface area contributed by atoms with Gasteiger partial charge in [-0.1, -0.05) is 30.3 Å². The average molecular weight is 548 g/mol. The Labute approximate surface area is 220 Å². The SMILES string of the molecule is C[C@H]1CC[C@H](c2ccccc2)S(=O)(=O)N1Cc1cc(F)c([C@]2(CN3C(=O)CNC3=O)C[C@](C)(O)C2)cc1F. The summed E-state index contributed by atoms with van der Waals surface area (Å²) in [6.45, 7) is 2.62. The third-order valence-corrected chi connectivity index (χ3v) is 10.4. The van der Waals surface area contributed by atoms with Gasteiger partial charge in [-0.25, -0.2) is 22.0 Å². The minimum atomic E-state index is -3.85. The highest BCUT2D eigenvalue weighted by molar-refractivity contribution is 7.89. The summed E-state index contributed by atoms with van der Waals surface area (Å²) < 4.78 is 59.5. The van der Waals surface area contributed by atoms with E-state index in [2.05, 4.69) is 5.32 Å². The van der Waals surface area contributed by atoms with Crippen LogP contribution in [0.15, 0.2) is 42.5 Å². The maximum atomic E-state index is 15.6. The van der Waals surface area contributed by atoms with E-state index < -0.39 is 55.9 Å². The highest BCUT2D eigenvalue weighted by atomic mass is 32.2. The molecule has 2 atom stereocenters. The number of carbonyl (C=O) groups is 2. The summed E-state index contributed by atoms with van der Waals surface area (Å²) in [5, 5.41) is 12.1. The second kappa shape index (κ2) is 9.39. The lowest BCUT2D eigenvalue weighted by Crippen LogP contribution is -2.59. The fourth-order valence-corrected chi connectivity index (χ4v) is 8.53. The van der Waals surface area contributed by atoms with Crippen LogP contribution in [0, 0.1) is 11.6 Å². The van der Waals surface area contributed by atoms with E-state index in [1.807, 2.05) is 0 Å². The van der Waals surface area contributed by atoms with E-state index in [4.69, 9.17) is 0 Å². The molecule has 1 aliphatic carbocycles. The summed E-state index contributed by atoms with van der Waals surface area (Å²) >= 11 is 0. The Bertz CT molecular complexity index is 1360. The topological polar surface area (TPSA) is 107 Å². The number of imide groups is 1. The van der Waals surface area contributed by atoms with E-state index in [1.54, 1.807) is 44.2 Å². The van der Waals surface area contributed by atoms with Gasteiger partial charge in [0.15, 0.2) is 0 Å². The average Bonchev–Trinajstić information content (AvgIpc) is 3.14. The number of urea groups is 1. The summed E-state index contributed by atoms with van der Waals surface area (Å²) in [6.07, 6.45) is 1.07. The molecule has 2 aliphatic heterocycles. The minimum absolute atomic E-state index is 0.0308. The molecule has 0 bridgehead atoms. The third-order valence-electron chi connectivity index (χ3n) is 8.07. The van der Waals surface area contributed by atoms with Gasteiger partial charge in [-0.2, -0.15) is 4.31 Å². The second-order valence-corrected chi connectivity index (χ2v) is 13.2. The molecular weight excluding hydrogens is 516 g/mol. The number of hydrogen-bond acceptors (Lipinski definition) is 5. The molecule has 2 aromatic rings. The van der Waals surface area contributed by atoms with Crippen molar-refractivity contribution in [2.45, 2.75) is 68.4 Å². The number of halogens is 2. The highest BCUT2D eigenvalue weighted by Gasteiger charge is 2.55. The van der Waals surface area contributed by atoms with Gasteiger partial charge in [-0.05, 0) is 62.8 Å². The first-order valence-corrected chi connectivity index (χ1v) is 14.2. The predicted octanol–water partition coefficient (Wildman–Crippen LogP) is 3.35. The molecule has 2 heterocycles. The van der Waals surface area contributed by atoms with E-state index in [0.717, 1.165) is 17.0 Å². The Morgan fingerprint density at radius 1 is 1.08 bits per heavy atom. The second-order valence-electron chi connectivity index (χ2n) is 11.1. The molecule has 0 radical (unpaired) electrons. The molecule has 3 fully saturated rings. The summed E-state index contributed by atoms with van der Waals surface area (Å²) in [7, 11) is -3.85. The van der Waals surface area contributed by atoms with Gasteiger partial charge in [0.2, 0.25) is 15.9 Å². The Kier molecular flexibility index (Phi) is 6.60. The maximum Gasteiger partial charge on any atom is 0.324 e. The van der Waals surface area contributed by atoms with E-state index in [0.29, 0.717) is 18.4 Å². The zero-order chi connectivity index (χ0) is 27.5. The van der Waals surface area contributed by atoms with Crippen LogP contribution in [0.5, 0.6) is 0 Å². The van der Waals surface area contributed by atoms with Crippen molar-refractivity contribution in [2.24, 2.45) is 0 Å². The number of aliphatic hydroxyl groups is 1. The molecule has 0 spiro atoms. The Morgan fingerprint density at radius 2 is 1.76 bits per heavy atom. The third kappa shape index (κ3) is 4.60. The van der Waals surface area contributed by atoms with E-state index in [-0.39, 0.29) is 43.6 Å². The Balaban J connectivity index is 1.45. The van der Waals surface area contributed by atoms with Crippen LogP contribution < -0.4 is 5.32 Å². The molecule has 3 aliphatic rings. The Hall–Kier alpha value is -2.89. The van der Waals surface area contributed by atoms with E-state index in [1.165, 1.54) is 4.31 Å². The molecule has 8 nitrogen and oxygen atoms in total. The monoisotopic (exact) mass is 547 g/mol. The van der Waals surface area contributed by atoms with Crippen LogP contribution in [0.3, 0.4) is 0 Å². The molecule has 5 rings (SSSR count). The summed E-state index contributed by atoms with van der Waals surface area (Å²) in [5.41, 5.74) is -1.82. The molecule has 0 aromatic heterocycles.